The van der Waals surface area contributed by atoms with Crippen LogP contribution in [0.3, 0.4) is 0 Å². The summed E-state index contributed by atoms with van der Waals surface area (Å²) < 4.78 is 1.30. The number of hydrogen-bond acceptors (Lipinski definition) is 1. The van der Waals surface area contributed by atoms with Crippen LogP contribution in [0, 0.1) is 11.8 Å². The van der Waals surface area contributed by atoms with Crippen LogP contribution in [0.5, 0.6) is 0 Å². The van der Waals surface area contributed by atoms with Crippen molar-refractivity contribution in [3.8, 4) is 0 Å². The fourth-order valence-corrected chi connectivity index (χ4v) is 4.89. The van der Waals surface area contributed by atoms with Crippen LogP contribution in [0.15, 0.2) is 15.9 Å². The summed E-state index contributed by atoms with van der Waals surface area (Å²) in [7, 11) is 0. The summed E-state index contributed by atoms with van der Waals surface area (Å²) in [6.45, 7) is 2.33. The molecule has 3 atom stereocenters. The van der Waals surface area contributed by atoms with Gasteiger partial charge >= 0.3 is 0 Å². The van der Waals surface area contributed by atoms with E-state index in [1.165, 1.54) is 41.5 Å². The first kappa shape index (κ1) is 13.1. The Bertz CT molecular complexity index is 334. The van der Waals surface area contributed by atoms with Crippen LogP contribution in [-0.4, -0.2) is 4.83 Å². The third-order valence-corrected chi connectivity index (χ3v) is 6.87. The summed E-state index contributed by atoms with van der Waals surface area (Å²) in [5.74, 6) is 1.78. The molecule has 0 bridgehead atoms. The van der Waals surface area contributed by atoms with Crippen molar-refractivity contribution in [2.45, 2.75) is 43.9 Å². The Labute approximate surface area is 119 Å². The molecule has 0 aliphatic heterocycles. The molecule has 0 amide bonds. The van der Waals surface area contributed by atoms with Gasteiger partial charge in [0, 0.05) is 14.2 Å². The Morgan fingerprint density at radius 3 is 2.88 bits per heavy atom. The fourth-order valence-electron chi connectivity index (χ4n) is 2.62. The smallest absolute Gasteiger partial charge is 0.0314 e. The van der Waals surface area contributed by atoms with Crippen LogP contribution in [0.1, 0.15) is 37.5 Å². The number of hydrogen-bond donors (Lipinski definition) is 0. The van der Waals surface area contributed by atoms with Crippen LogP contribution >= 0.6 is 43.2 Å². The van der Waals surface area contributed by atoms with E-state index >= 15 is 0 Å². The molecule has 0 nitrogen and oxygen atoms in total. The Kier molecular flexibility index (Phi) is 4.92. The lowest BCUT2D eigenvalue weighted by molar-refractivity contribution is 0.272. The van der Waals surface area contributed by atoms with Crippen LogP contribution in [-0.2, 0) is 6.42 Å². The van der Waals surface area contributed by atoms with Crippen LogP contribution in [0.2, 0.25) is 0 Å². The molecule has 3 unspecified atom stereocenters. The molecule has 16 heavy (non-hydrogen) atoms. The standard InChI is InChI=1S/C13H18Br2S/c1-2-9-3-4-11(14)10(7-9)8-13-12(15)5-6-16-13/h5-6,9-11H,2-4,7-8H2,1H3. The molecule has 0 saturated heterocycles. The van der Waals surface area contributed by atoms with Gasteiger partial charge in [0.25, 0.3) is 0 Å². The van der Waals surface area contributed by atoms with Crippen molar-refractivity contribution < 1.29 is 0 Å². The molecule has 1 aliphatic carbocycles. The second-order valence-electron chi connectivity index (χ2n) is 4.76. The minimum atomic E-state index is 0.726. The van der Waals surface area contributed by atoms with Gasteiger partial charge in [0.05, 0.1) is 0 Å². The minimum Gasteiger partial charge on any atom is -0.148 e. The summed E-state index contributed by atoms with van der Waals surface area (Å²) in [4.78, 5) is 2.25. The normalized spacial score (nSPS) is 30.6. The van der Waals surface area contributed by atoms with Crippen LogP contribution < -0.4 is 0 Å². The van der Waals surface area contributed by atoms with Gasteiger partial charge in [-0.15, -0.1) is 11.3 Å². The summed E-state index contributed by atoms with van der Waals surface area (Å²) in [5, 5.41) is 2.18. The molecule has 1 aromatic rings. The predicted molar refractivity (Wildman–Crippen MR) is 79.6 cm³/mol. The Balaban J connectivity index is 1.99. The molecule has 3 heteroatoms. The molecule has 0 radical (unpaired) electrons. The number of rotatable bonds is 3. The maximum absolute atomic E-state index is 3.87. The lowest BCUT2D eigenvalue weighted by Gasteiger charge is -2.32. The van der Waals surface area contributed by atoms with Gasteiger partial charge in [-0.3, -0.25) is 0 Å². The SMILES string of the molecule is CCC1CCC(Br)C(Cc2sccc2Br)C1. The van der Waals surface area contributed by atoms with E-state index in [9.17, 15) is 0 Å². The first-order chi connectivity index (χ1) is 7.70. The van der Waals surface area contributed by atoms with E-state index in [4.69, 9.17) is 0 Å². The topological polar surface area (TPSA) is 0 Å². The highest BCUT2D eigenvalue weighted by atomic mass is 79.9. The van der Waals surface area contributed by atoms with Crippen LogP contribution in [0.25, 0.3) is 0 Å². The highest BCUT2D eigenvalue weighted by Crippen LogP contribution is 2.39. The monoisotopic (exact) mass is 364 g/mol. The van der Waals surface area contributed by atoms with Crippen molar-refractivity contribution in [1.82, 2.24) is 0 Å². The average molecular weight is 366 g/mol. The third kappa shape index (κ3) is 3.11. The minimum absolute atomic E-state index is 0.726. The molecule has 1 saturated carbocycles. The van der Waals surface area contributed by atoms with Gasteiger partial charge in [-0.25, -0.2) is 0 Å². The number of thiophene rings is 1. The molecule has 0 aromatic carbocycles. The Morgan fingerprint density at radius 1 is 1.44 bits per heavy atom. The van der Waals surface area contributed by atoms with E-state index in [0.717, 1.165) is 16.7 Å². The summed E-state index contributed by atoms with van der Waals surface area (Å²) in [6, 6.07) is 2.17. The second kappa shape index (κ2) is 6.01. The van der Waals surface area contributed by atoms with Crippen molar-refractivity contribution in [2.75, 3.05) is 0 Å². The van der Waals surface area contributed by atoms with Crippen LogP contribution in [0.4, 0.5) is 0 Å². The van der Waals surface area contributed by atoms with Crippen molar-refractivity contribution in [1.29, 1.82) is 0 Å². The maximum Gasteiger partial charge on any atom is 0.0314 e. The highest BCUT2D eigenvalue weighted by molar-refractivity contribution is 9.10. The van der Waals surface area contributed by atoms with Gasteiger partial charge in [-0.1, -0.05) is 29.3 Å². The van der Waals surface area contributed by atoms with Crippen molar-refractivity contribution in [3.05, 3.63) is 20.8 Å². The molecule has 0 N–H and O–H groups in total. The molecule has 1 heterocycles. The lowest BCUT2D eigenvalue weighted by atomic mass is 9.78. The predicted octanol–water partition coefficient (Wildman–Crippen LogP) is 5.64. The van der Waals surface area contributed by atoms with Gasteiger partial charge in [0.15, 0.2) is 0 Å². The van der Waals surface area contributed by atoms with Crippen molar-refractivity contribution in [3.63, 3.8) is 0 Å². The molecular formula is C13H18Br2S. The van der Waals surface area contributed by atoms with Gasteiger partial charge in [0.1, 0.15) is 0 Å². The first-order valence-electron chi connectivity index (χ1n) is 6.06. The highest BCUT2D eigenvalue weighted by Gasteiger charge is 2.28. The number of alkyl halides is 1. The second-order valence-corrected chi connectivity index (χ2v) is 7.79. The quantitative estimate of drug-likeness (QED) is 0.607. The third-order valence-electron chi connectivity index (χ3n) is 3.71. The lowest BCUT2D eigenvalue weighted by Crippen LogP contribution is -2.26. The zero-order chi connectivity index (χ0) is 11.5. The zero-order valence-electron chi connectivity index (χ0n) is 9.59. The average Bonchev–Trinajstić information content (AvgIpc) is 2.68. The molecule has 1 fully saturated rings. The van der Waals surface area contributed by atoms with E-state index in [0.29, 0.717) is 0 Å². The Morgan fingerprint density at radius 2 is 2.25 bits per heavy atom. The molecule has 1 aliphatic rings. The van der Waals surface area contributed by atoms with Gasteiger partial charge < -0.3 is 0 Å². The van der Waals surface area contributed by atoms with E-state index in [1.54, 1.807) is 0 Å². The Hall–Kier alpha value is 0.660. The fraction of sp³-hybridized carbons (Fsp3) is 0.692. The van der Waals surface area contributed by atoms with E-state index < -0.39 is 0 Å². The van der Waals surface area contributed by atoms with Gasteiger partial charge in [-0.05, 0) is 64.9 Å². The maximum atomic E-state index is 3.87. The van der Waals surface area contributed by atoms with Gasteiger partial charge in [-0.2, -0.15) is 0 Å². The van der Waals surface area contributed by atoms with E-state index in [2.05, 4.69) is 50.2 Å². The zero-order valence-corrected chi connectivity index (χ0v) is 13.6. The van der Waals surface area contributed by atoms with E-state index in [1.807, 2.05) is 11.3 Å². The number of halogens is 2. The van der Waals surface area contributed by atoms with Crippen molar-refractivity contribution in [2.24, 2.45) is 11.8 Å². The largest absolute Gasteiger partial charge is 0.148 e. The summed E-state index contributed by atoms with van der Waals surface area (Å²) >= 11 is 9.40. The molecule has 2 rings (SSSR count). The summed E-state index contributed by atoms with van der Waals surface area (Å²) in [5.41, 5.74) is 0. The van der Waals surface area contributed by atoms with Crippen molar-refractivity contribution >= 4 is 43.2 Å². The van der Waals surface area contributed by atoms with Gasteiger partial charge in [0.2, 0.25) is 0 Å². The molecule has 0 spiro atoms. The van der Waals surface area contributed by atoms with E-state index in [-0.39, 0.29) is 0 Å². The summed E-state index contributed by atoms with van der Waals surface area (Å²) in [6.07, 6.45) is 6.75. The molecule has 1 aromatic heterocycles. The molecular weight excluding hydrogens is 348 g/mol. The molecule has 90 valence electrons. The first-order valence-corrected chi connectivity index (χ1v) is 8.65.